The maximum atomic E-state index is 5.25. The third-order valence-electron chi connectivity index (χ3n) is 10.5. The first-order valence-electron chi connectivity index (χ1n) is 16.9. The molecule has 0 radical (unpaired) electrons. The van der Waals surface area contributed by atoms with Crippen molar-refractivity contribution < 1.29 is 0 Å². The topological polar surface area (TPSA) is 77.8 Å². The Kier molecular flexibility index (Phi) is 5.23. The molecule has 0 unspecified atom stereocenters. The number of para-hydroxylation sites is 8. The SMILES string of the molecule is C[Si]1(C)n2c(nc3ccccc32)N(c2ccc(N3c4nc5ccccc5n4[Si](C)(C)n4c3nc3ccccc34)cc2)c2nc3ccccc3n21. The second-order valence-electron chi connectivity index (χ2n) is 14.1. The van der Waals surface area contributed by atoms with E-state index in [1.54, 1.807) is 0 Å². The number of benzene rings is 5. The molecule has 2 aliphatic heterocycles. The van der Waals surface area contributed by atoms with E-state index >= 15 is 0 Å². The maximum absolute atomic E-state index is 5.25. The summed E-state index contributed by atoms with van der Waals surface area (Å²) in [5.74, 6) is 3.58. The van der Waals surface area contributed by atoms with Crippen molar-refractivity contribution >= 4 is 96.1 Å². The zero-order valence-electron chi connectivity index (χ0n) is 28.0. The second kappa shape index (κ2) is 9.37. The molecule has 4 aromatic heterocycles. The number of rotatable bonds is 2. The fourth-order valence-corrected chi connectivity index (χ4v) is 14.5. The summed E-state index contributed by atoms with van der Waals surface area (Å²) in [4.78, 5) is 25.4. The average molecular weight is 685 g/mol. The summed E-state index contributed by atoms with van der Waals surface area (Å²) >= 11 is 0. The molecule has 0 aliphatic carbocycles. The Morgan fingerprint density at radius 2 is 0.580 bits per heavy atom. The molecule has 0 atom stereocenters. The highest BCUT2D eigenvalue weighted by Crippen LogP contribution is 2.47. The molecule has 12 heteroatoms. The van der Waals surface area contributed by atoms with E-state index in [1.165, 1.54) is 0 Å². The van der Waals surface area contributed by atoms with Crippen LogP contribution in [0.2, 0.25) is 26.2 Å². The zero-order chi connectivity index (χ0) is 33.5. The Bertz CT molecular complexity index is 2490. The highest BCUT2D eigenvalue weighted by molar-refractivity contribution is 6.77. The Morgan fingerprint density at radius 3 is 0.840 bits per heavy atom. The minimum absolute atomic E-state index is 0.896. The lowest BCUT2D eigenvalue weighted by Gasteiger charge is -2.40. The van der Waals surface area contributed by atoms with E-state index in [0.29, 0.717) is 0 Å². The standard InChI is InChI=1S/C38H32N10Si2/c1-49(2)45-31-17-9-5-13-27(31)39-35(45)43(36-40-28-14-6-10-18-32(28)46(36)49)25-21-23-26(24-22-25)44-37-41-29-15-7-11-19-33(29)47(37)50(3,4)48-34-20-12-8-16-30(34)42-38(44)48/h5-24H,1-4H3. The molecule has 50 heavy (non-hydrogen) atoms. The summed E-state index contributed by atoms with van der Waals surface area (Å²) in [5, 5.41) is 0. The molecular weight excluding hydrogens is 653 g/mol. The van der Waals surface area contributed by atoms with E-state index in [1.807, 2.05) is 0 Å². The Labute approximate surface area is 289 Å². The van der Waals surface area contributed by atoms with Crippen molar-refractivity contribution in [1.29, 1.82) is 0 Å². The Balaban J connectivity index is 1.13. The van der Waals surface area contributed by atoms with Crippen LogP contribution in [0.25, 0.3) is 44.1 Å². The summed E-state index contributed by atoms with van der Waals surface area (Å²) < 4.78 is 9.89. The number of imidazole rings is 4. The van der Waals surface area contributed by atoms with Gasteiger partial charge in [-0.2, -0.15) is 0 Å². The molecule has 0 N–H and O–H groups in total. The highest BCUT2D eigenvalue weighted by atomic mass is 28.4. The quantitative estimate of drug-likeness (QED) is 0.169. The molecule has 0 amide bonds. The van der Waals surface area contributed by atoms with Crippen LogP contribution in [-0.4, -0.2) is 53.7 Å². The van der Waals surface area contributed by atoms with Gasteiger partial charge in [-0.25, -0.2) is 19.9 Å². The molecule has 11 rings (SSSR count). The van der Waals surface area contributed by atoms with Crippen molar-refractivity contribution in [1.82, 2.24) is 36.9 Å². The number of fused-ring (bicyclic) bond motifs is 12. The third kappa shape index (κ3) is 3.41. The van der Waals surface area contributed by atoms with Crippen LogP contribution >= 0.6 is 0 Å². The van der Waals surface area contributed by atoms with Gasteiger partial charge in [0.2, 0.25) is 23.8 Å². The lowest BCUT2D eigenvalue weighted by atomic mass is 10.2. The van der Waals surface area contributed by atoms with Crippen molar-refractivity contribution in [3.63, 3.8) is 0 Å². The van der Waals surface area contributed by atoms with Crippen molar-refractivity contribution in [3.8, 4) is 0 Å². The molecule has 5 aromatic carbocycles. The normalized spacial score (nSPS) is 15.8. The third-order valence-corrected chi connectivity index (χ3v) is 16.7. The second-order valence-corrected chi connectivity index (χ2v) is 21.9. The van der Waals surface area contributed by atoms with Crippen LogP contribution in [0.15, 0.2) is 121 Å². The minimum Gasteiger partial charge on any atom is -0.318 e. The smallest absolute Gasteiger partial charge is 0.272 e. The highest BCUT2D eigenvalue weighted by Gasteiger charge is 2.45. The summed E-state index contributed by atoms with van der Waals surface area (Å²) in [6, 6.07) is 42.5. The van der Waals surface area contributed by atoms with Crippen molar-refractivity contribution in [2.24, 2.45) is 0 Å². The van der Waals surface area contributed by atoms with E-state index < -0.39 is 16.8 Å². The van der Waals surface area contributed by atoms with E-state index in [2.05, 4.69) is 174 Å². The number of nitrogens with zero attached hydrogens (tertiary/aromatic N) is 10. The molecule has 10 nitrogen and oxygen atoms in total. The van der Waals surface area contributed by atoms with Gasteiger partial charge in [0.25, 0.3) is 16.8 Å². The monoisotopic (exact) mass is 684 g/mol. The first-order valence-corrected chi connectivity index (χ1v) is 22.7. The van der Waals surface area contributed by atoms with Crippen LogP contribution in [0.3, 0.4) is 0 Å². The molecular formula is C38H32N10Si2. The van der Waals surface area contributed by atoms with E-state index in [4.69, 9.17) is 19.9 Å². The average Bonchev–Trinajstić information content (AvgIpc) is 3.89. The fraction of sp³-hybridized carbons (Fsp3) is 0.105. The van der Waals surface area contributed by atoms with Crippen LogP contribution in [-0.2, 0) is 0 Å². The number of aromatic nitrogens is 8. The first kappa shape index (κ1) is 27.9. The Hall–Kier alpha value is -5.99. The van der Waals surface area contributed by atoms with Crippen LogP contribution in [0.5, 0.6) is 0 Å². The van der Waals surface area contributed by atoms with Gasteiger partial charge in [0.05, 0.1) is 55.5 Å². The molecule has 9 aromatic rings. The van der Waals surface area contributed by atoms with Gasteiger partial charge in [-0.05, 0) is 99.0 Å². The molecule has 0 bridgehead atoms. The summed E-state index contributed by atoms with van der Waals surface area (Å²) in [5.41, 5.74) is 10.5. The maximum Gasteiger partial charge on any atom is 0.272 e. The molecule has 0 saturated heterocycles. The predicted molar refractivity (Wildman–Crippen MR) is 206 cm³/mol. The summed E-state index contributed by atoms with van der Waals surface area (Å²) in [6.45, 7) is 9.51. The number of anilines is 6. The summed E-state index contributed by atoms with van der Waals surface area (Å²) in [6.07, 6.45) is 0. The number of hydrogen-bond acceptors (Lipinski definition) is 6. The van der Waals surface area contributed by atoms with Gasteiger partial charge >= 0.3 is 0 Å². The van der Waals surface area contributed by atoms with Gasteiger partial charge in [0.1, 0.15) is 0 Å². The predicted octanol–water partition coefficient (Wildman–Crippen LogP) is 8.85. The first-order chi connectivity index (χ1) is 24.3. The van der Waals surface area contributed by atoms with Gasteiger partial charge in [-0.1, -0.05) is 48.5 Å². The van der Waals surface area contributed by atoms with Gasteiger partial charge in [-0.15, -0.1) is 0 Å². The van der Waals surface area contributed by atoms with Gasteiger partial charge in [-0.3, -0.25) is 9.80 Å². The molecule has 0 spiro atoms. The van der Waals surface area contributed by atoms with E-state index in [9.17, 15) is 0 Å². The van der Waals surface area contributed by atoms with Crippen LogP contribution in [0.1, 0.15) is 0 Å². The van der Waals surface area contributed by atoms with Gasteiger partial charge in [0.15, 0.2) is 0 Å². The van der Waals surface area contributed by atoms with Gasteiger partial charge in [0, 0.05) is 0 Å². The van der Waals surface area contributed by atoms with Crippen molar-refractivity contribution in [2.45, 2.75) is 26.2 Å². The summed E-state index contributed by atoms with van der Waals surface area (Å²) in [7, 11) is -4.71. The van der Waals surface area contributed by atoms with Gasteiger partial charge < -0.3 is 16.9 Å². The largest absolute Gasteiger partial charge is 0.318 e. The molecule has 0 saturated carbocycles. The van der Waals surface area contributed by atoms with Crippen LogP contribution in [0, 0.1) is 0 Å². The number of hydrogen-bond donors (Lipinski definition) is 0. The van der Waals surface area contributed by atoms with E-state index in [-0.39, 0.29) is 0 Å². The fourth-order valence-electron chi connectivity index (χ4n) is 8.40. The molecule has 0 fully saturated rings. The Morgan fingerprint density at radius 1 is 0.340 bits per heavy atom. The minimum atomic E-state index is -2.35. The van der Waals surface area contributed by atoms with Crippen LogP contribution < -0.4 is 9.80 Å². The zero-order valence-corrected chi connectivity index (χ0v) is 30.0. The molecule has 2 aliphatic rings. The van der Waals surface area contributed by atoms with Crippen LogP contribution in [0.4, 0.5) is 35.2 Å². The molecule has 242 valence electrons. The van der Waals surface area contributed by atoms with Crippen molar-refractivity contribution in [3.05, 3.63) is 121 Å². The lowest BCUT2D eigenvalue weighted by molar-refractivity contribution is 0.919. The molecule has 6 heterocycles. The van der Waals surface area contributed by atoms with Crippen molar-refractivity contribution in [2.75, 3.05) is 9.80 Å². The lowest BCUT2D eigenvalue weighted by Crippen LogP contribution is -2.50. The van der Waals surface area contributed by atoms with E-state index in [0.717, 1.165) is 79.3 Å².